The first-order valence-corrected chi connectivity index (χ1v) is 7.96. The van der Waals surface area contributed by atoms with Crippen molar-refractivity contribution in [2.75, 3.05) is 7.05 Å². The molecule has 1 heterocycles. The molecule has 20 heavy (non-hydrogen) atoms. The predicted octanol–water partition coefficient (Wildman–Crippen LogP) is 4.42. The number of rotatable bonds is 4. The summed E-state index contributed by atoms with van der Waals surface area (Å²) in [5, 5.41) is 3.35. The molecule has 0 aliphatic heterocycles. The Morgan fingerprint density at radius 1 is 1.15 bits per heavy atom. The van der Waals surface area contributed by atoms with E-state index in [2.05, 4.69) is 56.6 Å². The van der Waals surface area contributed by atoms with Gasteiger partial charge in [0.15, 0.2) is 0 Å². The van der Waals surface area contributed by atoms with Gasteiger partial charge in [0.2, 0.25) is 0 Å². The summed E-state index contributed by atoms with van der Waals surface area (Å²) in [5.74, 6) is 0.794. The van der Waals surface area contributed by atoms with Crippen molar-refractivity contribution in [3.05, 3.63) is 63.9 Å². The van der Waals surface area contributed by atoms with Gasteiger partial charge in [-0.25, -0.2) is 0 Å². The van der Waals surface area contributed by atoms with Crippen LogP contribution in [0.15, 0.2) is 47.1 Å². The fourth-order valence-corrected chi connectivity index (χ4v) is 2.98. The molecule has 0 spiro atoms. The van der Waals surface area contributed by atoms with Crippen LogP contribution in [0, 0.1) is 0 Å². The van der Waals surface area contributed by atoms with Gasteiger partial charge in [0.05, 0.1) is 11.7 Å². The Hall–Kier alpha value is -1.19. The zero-order valence-corrected chi connectivity index (χ0v) is 13.2. The van der Waals surface area contributed by atoms with Crippen molar-refractivity contribution in [3.63, 3.8) is 0 Å². The minimum absolute atomic E-state index is 0.151. The highest BCUT2D eigenvalue weighted by atomic mass is 79.9. The molecule has 3 rings (SSSR count). The van der Waals surface area contributed by atoms with E-state index in [1.165, 1.54) is 30.4 Å². The average Bonchev–Trinajstić information content (AvgIpc) is 2.42. The van der Waals surface area contributed by atoms with E-state index in [4.69, 9.17) is 0 Å². The third-order valence-electron chi connectivity index (χ3n) is 4.18. The molecule has 2 aromatic rings. The van der Waals surface area contributed by atoms with Gasteiger partial charge in [-0.15, -0.1) is 0 Å². The maximum atomic E-state index is 4.50. The van der Waals surface area contributed by atoms with Crippen LogP contribution in [0.1, 0.15) is 48.0 Å². The molecule has 3 heteroatoms. The van der Waals surface area contributed by atoms with Crippen LogP contribution in [-0.4, -0.2) is 12.0 Å². The van der Waals surface area contributed by atoms with Crippen LogP contribution in [0.4, 0.5) is 0 Å². The summed E-state index contributed by atoms with van der Waals surface area (Å²) in [6.45, 7) is 0. The fourth-order valence-electron chi connectivity index (χ4n) is 2.75. The number of nitrogens with one attached hydrogen (secondary N) is 1. The highest BCUT2D eigenvalue weighted by molar-refractivity contribution is 9.10. The zero-order valence-electron chi connectivity index (χ0n) is 11.6. The first-order chi connectivity index (χ1) is 9.78. The number of hydrogen-bond donors (Lipinski definition) is 1. The Morgan fingerprint density at radius 3 is 2.40 bits per heavy atom. The molecule has 0 bridgehead atoms. The molecule has 104 valence electrons. The lowest BCUT2D eigenvalue weighted by Crippen LogP contribution is -2.19. The van der Waals surface area contributed by atoms with Gasteiger partial charge in [-0.05, 0) is 65.0 Å². The van der Waals surface area contributed by atoms with Crippen molar-refractivity contribution in [1.82, 2.24) is 10.3 Å². The lowest BCUT2D eigenvalue weighted by molar-refractivity contribution is 0.419. The molecule has 1 aromatic heterocycles. The van der Waals surface area contributed by atoms with Crippen molar-refractivity contribution in [3.8, 4) is 0 Å². The highest BCUT2D eigenvalue weighted by Crippen LogP contribution is 2.36. The third-order valence-corrected chi connectivity index (χ3v) is 4.65. The summed E-state index contributed by atoms with van der Waals surface area (Å²) >= 11 is 3.43. The smallest absolute Gasteiger partial charge is 0.0748 e. The van der Waals surface area contributed by atoms with Crippen LogP contribution < -0.4 is 5.32 Å². The molecule has 1 N–H and O–H groups in total. The van der Waals surface area contributed by atoms with E-state index >= 15 is 0 Å². The normalized spacial score (nSPS) is 16.7. The Morgan fingerprint density at radius 2 is 1.90 bits per heavy atom. The van der Waals surface area contributed by atoms with Gasteiger partial charge in [0, 0.05) is 10.7 Å². The van der Waals surface area contributed by atoms with Gasteiger partial charge in [0.25, 0.3) is 0 Å². The predicted molar refractivity (Wildman–Crippen MR) is 85.9 cm³/mol. The van der Waals surface area contributed by atoms with Gasteiger partial charge < -0.3 is 5.32 Å². The average molecular weight is 331 g/mol. The minimum atomic E-state index is 0.151. The van der Waals surface area contributed by atoms with Crippen molar-refractivity contribution >= 4 is 15.9 Å². The van der Waals surface area contributed by atoms with Crippen molar-refractivity contribution < 1.29 is 0 Å². The highest BCUT2D eigenvalue weighted by Gasteiger charge is 2.20. The molecule has 2 nitrogen and oxygen atoms in total. The molecular formula is C17H19BrN2. The van der Waals surface area contributed by atoms with Crippen molar-refractivity contribution in [1.29, 1.82) is 0 Å². The van der Waals surface area contributed by atoms with Crippen LogP contribution in [0.5, 0.6) is 0 Å². The van der Waals surface area contributed by atoms with Crippen LogP contribution in [0.3, 0.4) is 0 Å². The van der Waals surface area contributed by atoms with Crippen LogP contribution in [0.2, 0.25) is 0 Å². The number of aromatic nitrogens is 1. The summed E-state index contributed by atoms with van der Waals surface area (Å²) in [7, 11) is 1.98. The van der Waals surface area contributed by atoms with Crippen molar-refractivity contribution in [2.24, 2.45) is 0 Å². The Kier molecular flexibility index (Phi) is 4.18. The third kappa shape index (κ3) is 2.79. The van der Waals surface area contributed by atoms with E-state index in [0.29, 0.717) is 0 Å². The SMILES string of the molecule is CNC(c1ccc(C2CCC2)cc1)c1ccc(Br)cn1. The molecule has 1 saturated carbocycles. The molecule has 0 amide bonds. The Bertz CT molecular complexity index is 559. The van der Waals surface area contributed by atoms with Gasteiger partial charge in [-0.3, -0.25) is 4.98 Å². The van der Waals surface area contributed by atoms with Gasteiger partial charge in [-0.1, -0.05) is 30.7 Å². The fraction of sp³-hybridized carbons (Fsp3) is 0.353. The van der Waals surface area contributed by atoms with E-state index < -0.39 is 0 Å². The summed E-state index contributed by atoms with van der Waals surface area (Å²) < 4.78 is 1.01. The molecule has 1 unspecified atom stereocenters. The molecule has 0 saturated heterocycles. The molecule has 1 aromatic carbocycles. The second-order valence-electron chi connectivity index (χ2n) is 5.42. The lowest BCUT2D eigenvalue weighted by atomic mass is 9.80. The Balaban J connectivity index is 1.83. The largest absolute Gasteiger partial charge is 0.308 e. The summed E-state index contributed by atoms with van der Waals surface area (Å²) in [6, 6.07) is 13.3. The molecular weight excluding hydrogens is 312 g/mol. The van der Waals surface area contributed by atoms with E-state index in [1.54, 1.807) is 0 Å². The van der Waals surface area contributed by atoms with E-state index in [9.17, 15) is 0 Å². The molecule has 1 aliphatic carbocycles. The number of hydrogen-bond acceptors (Lipinski definition) is 2. The van der Waals surface area contributed by atoms with E-state index in [1.807, 2.05) is 19.3 Å². The molecule has 1 atom stereocenters. The van der Waals surface area contributed by atoms with Crippen LogP contribution in [-0.2, 0) is 0 Å². The summed E-state index contributed by atoms with van der Waals surface area (Å²) in [5.41, 5.74) is 3.80. The summed E-state index contributed by atoms with van der Waals surface area (Å²) in [4.78, 5) is 4.50. The first kappa shape index (κ1) is 13.8. The molecule has 1 aliphatic rings. The molecule has 1 fully saturated rings. The first-order valence-electron chi connectivity index (χ1n) is 7.16. The zero-order chi connectivity index (χ0) is 13.9. The number of nitrogens with zero attached hydrogens (tertiary/aromatic N) is 1. The van der Waals surface area contributed by atoms with Crippen molar-refractivity contribution in [2.45, 2.75) is 31.2 Å². The lowest BCUT2D eigenvalue weighted by Gasteiger charge is -2.26. The van der Waals surface area contributed by atoms with Gasteiger partial charge >= 0.3 is 0 Å². The van der Waals surface area contributed by atoms with E-state index in [0.717, 1.165) is 16.1 Å². The quantitative estimate of drug-likeness (QED) is 0.897. The van der Waals surface area contributed by atoms with Gasteiger partial charge in [-0.2, -0.15) is 0 Å². The van der Waals surface area contributed by atoms with Crippen LogP contribution in [0.25, 0.3) is 0 Å². The maximum Gasteiger partial charge on any atom is 0.0748 e. The number of benzene rings is 1. The van der Waals surface area contributed by atoms with Gasteiger partial charge in [0.1, 0.15) is 0 Å². The van der Waals surface area contributed by atoms with Crippen LogP contribution >= 0.6 is 15.9 Å². The summed E-state index contributed by atoms with van der Waals surface area (Å²) in [6.07, 6.45) is 5.93. The second kappa shape index (κ2) is 6.06. The minimum Gasteiger partial charge on any atom is -0.308 e. The number of pyridine rings is 1. The topological polar surface area (TPSA) is 24.9 Å². The monoisotopic (exact) mass is 330 g/mol. The second-order valence-corrected chi connectivity index (χ2v) is 6.33. The maximum absolute atomic E-state index is 4.50. The standard InChI is InChI=1S/C17H19BrN2/c1-19-17(16-10-9-15(18)11-20-16)14-7-5-13(6-8-14)12-3-2-4-12/h5-12,17,19H,2-4H2,1H3. The Labute approximate surface area is 128 Å². The van der Waals surface area contributed by atoms with E-state index in [-0.39, 0.29) is 6.04 Å². The molecule has 0 radical (unpaired) electrons. The number of halogens is 1.